The quantitative estimate of drug-likeness (QED) is 0.290. The van der Waals surface area contributed by atoms with Gasteiger partial charge in [0.1, 0.15) is 4.90 Å². The minimum absolute atomic E-state index is 0.416. The molecule has 0 saturated heterocycles. The average Bonchev–Trinajstić information content (AvgIpc) is 2.34. The first kappa shape index (κ1) is 15.7. The van der Waals surface area contributed by atoms with Gasteiger partial charge in [-0.2, -0.15) is 0 Å². The highest BCUT2D eigenvalue weighted by Gasteiger charge is 2.26. The van der Waals surface area contributed by atoms with Crippen molar-refractivity contribution in [1.82, 2.24) is 4.72 Å². The number of rotatable bonds is 6. The van der Waals surface area contributed by atoms with Crippen molar-refractivity contribution in [3.63, 3.8) is 0 Å². The molecule has 1 aromatic carbocycles. The number of carbonyl (C=O) groups is 1. The summed E-state index contributed by atoms with van der Waals surface area (Å²) in [6, 6.07) is 1.15. The fourth-order valence-corrected chi connectivity index (χ4v) is 2.50. The van der Waals surface area contributed by atoms with E-state index in [1.807, 2.05) is 5.43 Å². The number of hydrazine groups is 1. The molecule has 0 radical (unpaired) electrons. The maximum absolute atomic E-state index is 13.7. The van der Waals surface area contributed by atoms with E-state index in [9.17, 15) is 27.7 Å². The third-order valence-corrected chi connectivity index (χ3v) is 3.58. The summed E-state index contributed by atoms with van der Waals surface area (Å²) in [4.78, 5) is 19.2. The minimum atomic E-state index is -4.46. The number of benzene rings is 1. The molecule has 0 aliphatic carbocycles. The summed E-state index contributed by atoms with van der Waals surface area (Å²) in [5.74, 6) is 2.63. The van der Waals surface area contributed by atoms with E-state index in [4.69, 9.17) is 11.6 Å². The van der Waals surface area contributed by atoms with Crippen molar-refractivity contribution < 1.29 is 22.5 Å². The summed E-state index contributed by atoms with van der Waals surface area (Å²) in [5, 5.41) is 10.5. The Balaban J connectivity index is 3.37. The number of nitrogens with zero attached hydrogens (tertiary/aromatic N) is 1. The van der Waals surface area contributed by atoms with Crippen molar-refractivity contribution in [3.8, 4) is 0 Å². The molecule has 6 N–H and O–H groups in total. The largest absolute Gasteiger partial charge is 0.369 e. The number of nitrogens with one attached hydrogen (secondary N) is 2. The fourth-order valence-electron chi connectivity index (χ4n) is 1.30. The molecule has 1 amide bonds. The van der Waals surface area contributed by atoms with Crippen molar-refractivity contribution in [2.45, 2.75) is 4.90 Å². The van der Waals surface area contributed by atoms with Gasteiger partial charge < -0.3 is 11.2 Å². The van der Waals surface area contributed by atoms with Gasteiger partial charge in [0, 0.05) is 6.07 Å². The summed E-state index contributed by atoms with van der Waals surface area (Å²) in [6.07, 6.45) is 0. The molecule has 20 heavy (non-hydrogen) atoms. The number of halogens is 1. The topological polar surface area (TPSA) is 170 Å². The lowest BCUT2D eigenvalue weighted by molar-refractivity contribution is -0.385. The van der Waals surface area contributed by atoms with E-state index < -0.39 is 49.5 Å². The lowest BCUT2D eigenvalue weighted by Crippen LogP contribution is -2.34. The lowest BCUT2D eigenvalue weighted by atomic mass is 10.3. The highest BCUT2D eigenvalue weighted by Crippen LogP contribution is 2.28. The molecule has 1 rings (SSSR count). The molecule has 0 spiro atoms. The summed E-state index contributed by atoms with van der Waals surface area (Å²) < 4.78 is 39.1. The van der Waals surface area contributed by atoms with Crippen molar-refractivity contribution >= 4 is 27.3 Å². The molecule has 0 atom stereocenters. The molecule has 0 unspecified atom stereocenters. The Morgan fingerprint density at radius 1 is 1.45 bits per heavy atom. The number of amides is 1. The van der Waals surface area contributed by atoms with Crippen molar-refractivity contribution in [3.05, 3.63) is 28.1 Å². The Morgan fingerprint density at radius 3 is 2.50 bits per heavy atom. The van der Waals surface area contributed by atoms with Crippen LogP contribution in [-0.2, 0) is 14.8 Å². The van der Waals surface area contributed by atoms with Crippen LogP contribution in [0.3, 0.4) is 0 Å². The van der Waals surface area contributed by atoms with Gasteiger partial charge in [-0.15, -0.1) is 0 Å². The molecule has 0 aromatic heterocycles. The van der Waals surface area contributed by atoms with E-state index in [2.05, 4.69) is 0 Å². The number of anilines is 1. The van der Waals surface area contributed by atoms with Gasteiger partial charge in [0.05, 0.1) is 23.2 Å². The Hall–Kier alpha value is -2.31. The van der Waals surface area contributed by atoms with E-state index in [1.54, 1.807) is 4.72 Å². The first-order valence-electron chi connectivity index (χ1n) is 4.91. The molecule has 0 fully saturated rings. The summed E-state index contributed by atoms with van der Waals surface area (Å²) in [6.45, 7) is -0.761. The van der Waals surface area contributed by atoms with Crippen LogP contribution in [-0.4, -0.2) is 25.8 Å². The molecule has 110 valence electrons. The Bertz CT molecular complexity index is 661. The van der Waals surface area contributed by atoms with E-state index in [1.165, 1.54) is 0 Å². The summed E-state index contributed by atoms with van der Waals surface area (Å²) >= 11 is 0. The standard InChI is InChI=1S/C8H10FN5O5S/c9-5-1-4(14(16)17)2-6(13-11)8(5)20(18,19)12-3-7(10)15/h1-2,12-13H,3,11H2,(H2,10,15). The molecule has 12 heteroatoms. The van der Waals surface area contributed by atoms with Gasteiger partial charge in [-0.1, -0.05) is 0 Å². The van der Waals surface area contributed by atoms with E-state index in [0.717, 1.165) is 6.07 Å². The van der Waals surface area contributed by atoms with Gasteiger partial charge in [0.15, 0.2) is 5.82 Å². The third-order valence-electron chi connectivity index (χ3n) is 2.10. The van der Waals surface area contributed by atoms with Crippen LogP contribution in [0.1, 0.15) is 0 Å². The first-order valence-corrected chi connectivity index (χ1v) is 6.40. The van der Waals surface area contributed by atoms with Gasteiger partial charge >= 0.3 is 0 Å². The molecular weight excluding hydrogens is 297 g/mol. The van der Waals surface area contributed by atoms with Crippen molar-refractivity contribution in [1.29, 1.82) is 0 Å². The zero-order valence-corrected chi connectivity index (χ0v) is 10.6. The molecule has 0 bridgehead atoms. The molecule has 0 heterocycles. The number of hydrogen-bond acceptors (Lipinski definition) is 7. The monoisotopic (exact) mass is 307 g/mol. The number of nitrogens with two attached hydrogens (primary N) is 2. The minimum Gasteiger partial charge on any atom is -0.369 e. The number of primary amides is 1. The highest BCUT2D eigenvalue weighted by atomic mass is 32.2. The second-order valence-corrected chi connectivity index (χ2v) is 5.20. The van der Waals surface area contributed by atoms with Crippen LogP contribution >= 0.6 is 0 Å². The van der Waals surface area contributed by atoms with Crippen molar-refractivity contribution in [2.24, 2.45) is 11.6 Å². The number of nitro groups is 1. The van der Waals surface area contributed by atoms with E-state index in [0.29, 0.717) is 6.07 Å². The van der Waals surface area contributed by atoms with Gasteiger partial charge in [0.2, 0.25) is 15.9 Å². The number of hydrogen-bond donors (Lipinski definition) is 4. The lowest BCUT2D eigenvalue weighted by Gasteiger charge is -2.11. The van der Waals surface area contributed by atoms with Crippen LogP contribution in [0.25, 0.3) is 0 Å². The maximum atomic E-state index is 13.7. The Labute approximate surface area is 112 Å². The number of nitrogen functional groups attached to an aromatic ring is 1. The highest BCUT2D eigenvalue weighted by molar-refractivity contribution is 7.89. The number of non-ortho nitro benzene ring substituents is 1. The number of nitro benzene ring substituents is 1. The normalized spacial score (nSPS) is 11.1. The SMILES string of the molecule is NNc1cc([N+](=O)[O-])cc(F)c1S(=O)(=O)NCC(N)=O. The van der Waals surface area contributed by atoms with Crippen LogP contribution in [0.5, 0.6) is 0 Å². The molecular formula is C8H10FN5O5S. The Kier molecular flexibility index (Phi) is 4.54. The van der Waals surface area contributed by atoms with E-state index in [-0.39, 0.29) is 0 Å². The maximum Gasteiger partial charge on any atom is 0.274 e. The predicted octanol–water partition coefficient (Wildman–Crippen LogP) is -1.22. The number of sulfonamides is 1. The second kappa shape index (κ2) is 5.77. The molecule has 0 aliphatic rings. The molecule has 0 aliphatic heterocycles. The smallest absolute Gasteiger partial charge is 0.274 e. The van der Waals surface area contributed by atoms with Crippen LogP contribution in [0.4, 0.5) is 15.8 Å². The van der Waals surface area contributed by atoms with E-state index >= 15 is 0 Å². The summed E-state index contributed by atoms with van der Waals surface area (Å²) in [7, 11) is -4.46. The van der Waals surface area contributed by atoms with Gasteiger partial charge in [0.25, 0.3) is 5.69 Å². The first-order chi connectivity index (χ1) is 9.19. The predicted molar refractivity (Wildman–Crippen MR) is 65.2 cm³/mol. The molecule has 10 nitrogen and oxygen atoms in total. The third kappa shape index (κ3) is 3.37. The Morgan fingerprint density at radius 2 is 2.05 bits per heavy atom. The van der Waals surface area contributed by atoms with Gasteiger partial charge in [-0.25, -0.2) is 17.5 Å². The molecule has 1 aromatic rings. The number of carbonyl (C=O) groups excluding carboxylic acids is 1. The van der Waals surface area contributed by atoms with Crippen LogP contribution < -0.4 is 21.7 Å². The summed E-state index contributed by atoms with van der Waals surface area (Å²) in [5.41, 5.74) is 5.38. The van der Waals surface area contributed by atoms with Gasteiger partial charge in [-0.3, -0.25) is 20.8 Å². The van der Waals surface area contributed by atoms with Crippen LogP contribution in [0, 0.1) is 15.9 Å². The zero-order chi connectivity index (χ0) is 15.5. The fraction of sp³-hybridized carbons (Fsp3) is 0.125. The van der Waals surface area contributed by atoms with Gasteiger partial charge in [-0.05, 0) is 0 Å². The average molecular weight is 307 g/mol. The molecule has 0 saturated carbocycles. The van der Waals surface area contributed by atoms with Crippen molar-refractivity contribution in [2.75, 3.05) is 12.0 Å². The van der Waals surface area contributed by atoms with Crippen LogP contribution in [0.2, 0.25) is 0 Å². The zero-order valence-electron chi connectivity index (χ0n) is 9.79. The second-order valence-electron chi connectivity index (χ2n) is 3.50. The van der Waals surface area contributed by atoms with Crippen LogP contribution in [0.15, 0.2) is 17.0 Å².